The molecule has 0 aliphatic heterocycles. The lowest BCUT2D eigenvalue weighted by atomic mass is 10.1. The molecule has 26 heavy (non-hydrogen) atoms. The molecule has 140 valence electrons. The van der Waals surface area contributed by atoms with Crippen molar-refractivity contribution in [1.82, 2.24) is 20.3 Å². The molecule has 2 aromatic rings. The fourth-order valence-corrected chi connectivity index (χ4v) is 3.21. The number of halogens is 3. The Balaban J connectivity index is 1.60. The molecule has 1 aromatic heterocycles. The first-order chi connectivity index (χ1) is 12.4. The highest BCUT2D eigenvalue weighted by Gasteiger charge is 2.30. The predicted molar refractivity (Wildman–Crippen MR) is 89.4 cm³/mol. The Morgan fingerprint density at radius 3 is 2.62 bits per heavy atom. The van der Waals surface area contributed by atoms with Crippen molar-refractivity contribution in [3.63, 3.8) is 0 Å². The molecule has 0 saturated heterocycles. The zero-order valence-electron chi connectivity index (χ0n) is 14.3. The van der Waals surface area contributed by atoms with Crippen LogP contribution in [0.5, 0.6) is 0 Å². The number of carbonyl (C=O) groups is 1. The molecular formula is C18H21F3N4O. The van der Waals surface area contributed by atoms with Gasteiger partial charge in [0.15, 0.2) is 5.69 Å². The van der Waals surface area contributed by atoms with Gasteiger partial charge in [-0.2, -0.15) is 13.2 Å². The molecule has 8 heteroatoms. The van der Waals surface area contributed by atoms with Gasteiger partial charge in [-0.25, -0.2) is 4.68 Å². The average Bonchev–Trinajstić information content (AvgIpc) is 2.95. The molecule has 0 atom stereocenters. The fourth-order valence-electron chi connectivity index (χ4n) is 3.21. The van der Waals surface area contributed by atoms with E-state index in [1.807, 2.05) is 0 Å². The normalized spacial score (nSPS) is 16.3. The minimum Gasteiger partial charge on any atom is -0.347 e. The number of amides is 1. The van der Waals surface area contributed by atoms with E-state index >= 15 is 0 Å². The molecule has 1 saturated carbocycles. The average molecular weight is 366 g/mol. The summed E-state index contributed by atoms with van der Waals surface area (Å²) in [5.74, 6) is -0.442. The summed E-state index contributed by atoms with van der Waals surface area (Å²) in [6.07, 6.45) is 3.98. The van der Waals surface area contributed by atoms with E-state index in [-0.39, 0.29) is 18.3 Å². The number of hydrogen-bond donors (Lipinski definition) is 1. The lowest BCUT2D eigenvalue weighted by Gasteiger charge is -2.12. The van der Waals surface area contributed by atoms with Crippen molar-refractivity contribution in [3.8, 4) is 0 Å². The molecule has 3 rings (SSSR count). The van der Waals surface area contributed by atoms with Crippen LogP contribution in [-0.4, -0.2) is 20.9 Å². The van der Waals surface area contributed by atoms with Gasteiger partial charge in [0.25, 0.3) is 5.91 Å². The summed E-state index contributed by atoms with van der Waals surface area (Å²) < 4.78 is 39.9. The second kappa shape index (κ2) is 7.88. The first-order valence-electron chi connectivity index (χ1n) is 8.79. The van der Waals surface area contributed by atoms with Gasteiger partial charge in [-0.1, -0.05) is 43.0 Å². The number of hydrogen-bond acceptors (Lipinski definition) is 3. The second-order valence-corrected chi connectivity index (χ2v) is 6.61. The largest absolute Gasteiger partial charge is 0.416 e. The van der Waals surface area contributed by atoms with Crippen LogP contribution in [0.15, 0.2) is 30.5 Å². The zero-order chi connectivity index (χ0) is 18.6. The third kappa shape index (κ3) is 4.62. The Morgan fingerprint density at radius 2 is 1.92 bits per heavy atom. The van der Waals surface area contributed by atoms with Gasteiger partial charge in [0, 0.05) is 6.54 Å². The van der Waals surface area contributed by atoms with Crippen molar-refractivity contribution in [1.29, 1.82) is 0 Å². The molecule has 0 spiro atoms. The fraction of sp³-hybridized carbons (Fsp3) is 0.500. The first kappa shape index (κ1) is 18.4. The van der Waals surface area contributed by atoms with Crippen molar-refractivity contribution in [3.05, 3.63) is 47.3 Å². The van der Waals surface area contributed by atoms with Gasteiger partial charge in [-0.3, -0.25) is 4.79 Å². The van der Waals surface area contributed by atoms with Crippen molar-refractivity contribution >= 4 is 5.91 Å². The monoisotopic (exact) mass is 366 g/mol. The van der Waals surface area contributed by atoms with E-state index in [1.165, 1.54) is 25.0 Å². The van der Waals surface area contributed by atoms with Crippen molar-refractivity contribution in [2.24, 2.45) is 0 Å². The lowest BCUT2D eigenvalue weighted by molar-refractivity contribution is -0.137. The van der Waals surface area contributed by atoms with Crippen LogP contribution in [0, 0.1) is 0 Å². The van der Waals surface area contributed by atoms with Crippen LogP contribution < -0.4 is 5.32 Å². The minimum absolute atomic E-state index is 0.000950. The SMILES string of the molecule is O=C(NCc1cccc(C(F)(F)F)c1)c1cn(C2CCCCCC2)nn1. The predicted octanol–water partition coefficient (Wildman–Crippen LogP) is 4.12. The topological polar surface area (TPSA) is 59.8 Å². The third-order valence-corrected chi connectivity index (χ3v) is 4.65. The number of alkyl halides is 3. The van der Waals surface area contributed by atoms with Gasteiger partial charge >= 0.3 is 6.18 Å². The summed E-state index contributed by atoms with van der Waals surface area (Å²) in [5.41, 5.74) is -0.172. The molecule has 0 bridgehead atoms. The van der Waals surface area contributed by atoms with Crippen LogP contribution >= 0.6 is 0 Å². The van der Waals surface area contributed by atoms with Gasteiger partial charge in [0.1, 0.15) is 0 Å². The lowest BCUT2D eigenvalue weighted by Crippen LogP contribution is -2.23. The van der Waals surface area contributed by atoms with Crippen LogP contribution in [0.4, 0.5) is 13.2 Å². The summed E-state index contributed by atoms with van der Waals surface area (Å²) in [7, 11) is 0. The summed E-state index contributed by atoms with van der Waals surface area (Å²) in [5, 5.41) is 10.6. The molecule has 1 fully saturated rings. The Bertz CT molecular complexity index is 749. The van der Waals surface area contributed by atoms with Crippen molar-refractivity contribution < 1.29 is 18.0 Å². The number of carbonyl (C=O) groups excluding carboxylic acids is 1. The molecule has 1 N–H and O–H groups in total. The van der Waals surface area contributed by atoms with E-state index in [0.717, 1.165) is 37.8 Å². The quantitative estimate of drug-likeness (QED) is 0.828. The maximum Gasteiger partial charge on any atom is 0.416 e. The molecule has 0 radical (unpaired) electrons. The summed E-state index contributed by atoms with van der Waals surface area (Å²) >= 11 is 0. The number of rotatable bonds is 4. The number of nitrogens with zero attached hydrogens (tertiary/aromatic N) is 3. The van der Waals surface area contributed by atoms with Gasteiger partial charge in [0.05, 0.1) is 17.8 Å². The maximum absolute atomic E-state index is 12.7. The smallest absolute Gasteiger partial charge is 0.347 e. The van der Waals surface area contributed by atoms with Crippen LogP contribution in [0.1, 0.15) is 66.2 Å². The van der Waals surface area contributed by atoms with Crippen LogP contribution in [-0.2, 0) is 12.7 Å². The van der Waals surface area contributed by atoms with E-state index in [1.54, 1.807) is 10.9 Å². The highest BCUT2D eigenvalue weighted by molar-refractivity contribution is 5.91. The first-order valence-corrected chi connectivity index (χ1v) is 8.79. The van der Waals surface area contributed by atoms with Crippen LogP contribution in [0.3, 0.4) is 0 Å². The van der Waals surface area contributed by atoms with Crippen LogP contribution in [0.2, 0.25) is 0 Å². The second-order valence-electron chi connectivity index (χ2n) is 6.61. The Labute approximate surface area is 149 Å². The molecule has 1 aliphatic carbocycles. The van der Waals surface area contributed by atoms with E-state index in [9.17, 15) is 18.0 Å². The molecule has 5 nitrogen and oxygen atoms in total. The van der Waals surface area contributed by atoms with E-state index in [0.29, 0.717) is 5.56 Å². The molecule has 1 heterocycles. The van der Waals surface area contributed by atoms with Gasteiger partial charge in [0.2, 0.25) is 0 Å². The highest BCUT2D eigenvalue weighted by atomic mass is 19.4. The maximum atomic E-state index is 12.7. The molecule has 1 aliphatic rings. The molecular weight excluding hydrogens is 345 g/mol. The molecule has 0 unspecified atom stereocenters. The summed E-state index contributed by atoms with van der Waals surface area (Å²) in [4.78, 5) is 12.2. The van der Waals surface area contributed by atoms with Crippen molar-refractivity contribution in [2.75, 3.05) is 0 Å². The molecule has 1 amide bonds. The van der Waals surface area contributed by atoms with E-state index < -0.39 is 17.6 Å². The number of nitrogens with one attached hydrogen (secondary N) is 1. The van der Waals surface area contributed by atoms with Gasteiger partial charge < -0.3 is 5.32 Å². The van der Waals surface area contributed by atoms with Crippen molar-refractivity contribution in [2.45, 2.75) is 57.3 Å². The third-order valence-electron chi connectivity index (χ3n) is 4.65. The van der Waals surface area contributed by atoms with Gasteiger partial charge in [-0.05, 0) is 30.5 Å². The summed E-state index contributed by atoms with van der Waals surface area (Å²) in [6, 6.07) is 5.16. The van der Waals surface area contributed by atoms with E-state index in [2.05, 4.69) is 15.6 Å². The van der Waals surface area contributed by atoms with Gasteiger partial charge in [-0.15, -0.1) is 5.10 Å². The standard InChI is InChI=1S/C18H21F3N4O/c19-18(20,21)14-7-5-6-13(10-14)11-22-17(26)16-12-25(24-23-16)15-8-3-1-2-4-9-15/h5-7,10,12,15H,1-4,8-9,11H2,(H,22,26). The Hall–Kier alpha value is -2.38. The number of aromatic nitrogens is 3. The highest BCUT2D eigenvalue weighted by Crippen LogP contribution is 2.29. The molecule has 1 aromatic carbocycles. The number of benzene rings is 1. The Kier molecular flexibility index (Phi) is 5.58. The van der Waals surface area contributed by atoms with Crippen LogP contribution in [0.25, 0.3) is 0 Å². The minimum atomic E-state index is -4.40. The summed E-state index contributed by atoms with van der Waals surface area (Å²) in [6.45, 7) is -0.000950. The van der Waals surface area contributed by atoms with E-state index in [4.69, 9.17) is 0 Å². The zero-order valence-corrected chi connectivity index (χ0v) is 14.3. The Morgan fingerprint density at radius 1 is 1.19 bits per heavy atom.